The molecule has 0 aromatic heterocycles. The molecule has 2 aliphatic rings. The fourth-order valence-corrected chi connectivity index (χ4v) is 5.15. The number of hydrogen-bond donors (Lipinski definition) is 0. The molecule has 158 valence electrons. The summed E-state index contributed by atoms with van der Waals surface area (Å²) in [5.41, 5.74) is 11.3. The number of anilines is 2. The first-order chi connectivity index (χ1) is 16.2. The molecule has 0 bridgehead atoms. The topological polar surface area (TPSA) is 3.24 Å². The number of rotatable bonds is 5. The van der Waals surface area contributed by atoms with E-state index in [1.165, 1.54) is 38.7 Å². The van der Waals surface area contributed by atoms with Crippen LogP contribution >= 0.6 is 0 Å². The molecule has 2 aliphatic carbocycles. The average molecular weight is 424 g/mol. The van der Waals surface area contributed by atoms with Gasteiger partial charge in [0.25, 0.3) is 0 Å². The van der Waals surface area contributed by atoms with Crippen LogP contribution in [0.4, 0.5) is 11.4 Å². The highest BCUT2D eigenvalue weighted by Crippen LogP contribution is 2.41. The van der Waals surface area contributed by atoms with Crippen molar-refractivity contribution < 1.29 is 0 Å². The van der Waals surface area contributed by atoms with Crippen molar-refractivity contribution in [2.24, 2.45) is 0 Å². The van der Waals surface area contributed by atoms with Crippen molar-refractivity contribution >= 4 is 46.5 Å². The van der Waals surface area contributed by atoms with Crippen molar-refractivity contribution in [1.82, 2.24) is 0 Å². The lowest BCUT2D eigenvalue weighted by molar-refractivity contribution is 1.06. The number of nitrogens with zero attached hydrogens (tertiary/aromatic N) is 1. The van der Waals surface area contributed by atoms with Gasteiger partial charge in [-0.2, -0.15) is 0 Å². The second kappa shape index (κ2) is 7.79. The Labute approximate surface area is 195 Å². The zero-order valence-corrected chi connectivity index (χ0v) is 18.6. The van der Waals surface area contributed by atoms with Gasteiger partial charge >= 0.3 is 0 Å². The van der Waals surface area contributed by atoms with Crippen LogP contribution in [0.15, 0.2) is 97.7 Å². The van der Waals surface area contributed by atoms with Crippen LogP contribution in [-0.4, -0.2) is 0 Å². The second-order valence-corrected chi connectivity index (χ2v) is 8.72. The number of hydrogen-bond acceptors (Lipinski definition) is 1. The van der Waals surface area contributed by atoms with Gasteiger partial charge < -0.3 is 4.90 Å². The van der Waals surface area contributed by atoms with Crippen LogP contribution in [0.25, 0.3) is 35.1 Å². The third kappa shape index (κ3) is 3.25. The Balaban J connectivity index is 1.53. The molecule has 0 saturated carbocycles. The van der Waals surface area contributed by atoms with E-state index in [-0.39, 0.29) is 0 Å². The summed E-state index contributed by atoms with van der Waals surface area (Å²) < 4.78 is 0. The molecule has 0 aliphatic heterocycles. The zero-order chi connectivity index (χ0) is 22.4. The SMILES string of the molecule is C=Cc1ccc(N(C2=Cc3ccc4c5c(ccc(c35)C2)C=CC4)c2ccc(C=C)cc2)cc1. The smallest absolute Gasteiger partial charge is 0.0458 e. The zero-order valence-electron chi connectivity index (χ0n) is 18.6. The van der Waals surface area contributed by atoms with E-state index < -0.39 is 0 Å². The third-order valence-electron chi connectivity index (χ3n) is 6.79. The standard InChI is InChI=1S/C32H25N/c1-3-22-8-16-28(17-9-22)33(29-18-10-23(4-2)11-19-29)30-20-26-14-12-24-6-5-7-25-13-15-27(21-30)32(26)31(24)25/h3-6,8-19,21H,1-2,7,20H2. The van der Waals surface area contributed by atoms with Gasteiger partial charge in [-0.05, 0) is 80.9 Å². The van der Waals surface area contributed by atoms with Gasteiger partial charge in [0.05, 0.1) is 0 Å². The maximum absolute atomic E-state index is 3.91. The predicted octanol–water partition coefficient (Wildman–Crippen LogP) is 8.43. The van der Waals surface area contributed by atoms with Crippen molar-refractivity contribution in [3.8, 4) is 0 Å². The predicted molar refractivity (Wildman–Crippen MR) is 144 cm³/mol. The van der Waals surface area contributed by atoms with Gasteiger partial charge in [0.2, 0.25) is 0 Å². The van der Waals surface area contributed by atoms with Gasteiger partial charge in [-0.15, -0.1) is 0 Å². The fourth-order valence-electron chi connectivity index (χ4n) is 5.15. The van der Waals surface area contributed by atoms with Gasteiger partial charge in [0, 0.05) is 23.5 Å². The Morgan fingerprint density at radius 2 is 1.21 bits per heavy atom. The molecule has 0 radical (unpaired) electrons. The molecule has 1 heteroatoms. The normalized spacial score (nSPS) is 13.5. The van der Waals surface area contributed by atoms with E-state index in [1.807, 2.05) is 12.2 Å². The Bertz CT molecular complexity index is 1410. The first-order valence-corrected chi connectivity index (χ1v) is 11.4. The van der Waals surface area contributed by atoms with Crippen LogP contribution in [0.1, 0.15) is 33.4 Å². The van der Waals surface area contributed by atoms with E-state index in [1.54, 1.807) is 0 Å². The first-order valence-electron chi connectivity index (χ1n) is 11.4. The summed E-state index contributed by atoms with van der Waals surface area (Å²) in [6.45, 7) is 7.81. The maximum Gasteiger partial charge on any atom is 0.0458 e. The fraction of sp³-hybridized carbons (Fsp3) is 0.0625. The minimum absolute atomic E-state index is 0.892. The highest BCUT2D eigenvalue weighted by atomic mass is 15.1. The van der Waals surface area contributed by atoms with Crippen LogP contribution in [0.2, 0.25) is 0 Å². The summed E-state index contributed by atoms with van der Waals surface area (Å²) in [7, 11) is 0. The lowest BCUT2D eigenvalue weighted by Crippen LogP contribution is -2.20. The monoisotopic (exact) mass is 423 g/mol. The van der Waals surface area contributed by atoms with E-state index in [4.69, 9.17) is 0 Å². The van der Waals surface area contributed by atoms with Crippen LogP contribution in [0.3, 0.4) is 0 Å². The Morgan fingerprint density at radius 3 is 1.85 bits per heavy atom. The molecule has 0 unspecified atom stereocenters. The third-order valence-corrected chi connectivity index (χ3v) is 6.79. The van der Waals surface area contributed by atoms with Crippen molar-refractivity contribution in [2.75, 3.05) is 4.90 Å². The summed E-state index contributed by atoms with van der Waals surface area (Å²) in [4.78, 5) is 2.38. The lowest BCUT2D eigenvalue weighted by Gasteiger charge is -2.31. The van der Waals surface area contributed by atoms with Gasteiger partial charge in [-0.25, -0.2) is 0 Å². The first kappa shape index (κ1) is 19.6. The molecule has 6 rings (SSSR count). The summed E-state index contributed by atoms with van der Waals surface area (Å²) >= 11 is 0. The Kier molecular flexibility index (Phi) is 4.62. The van der Waals surface area contributed by atoms with E-state index in [0.717, 1.165) is 35.3 Å². The average Bonchev–Trinajstić information content (AvgIpc) is 2.88. The van der Waals surface area contributed by atoms with Gasteiger partial charge in [-0.3, -0.25) is 0 Å². The highest BCUT2D eigenvalue weighted by molar-refractivity contribution is 6.03. The molecule has 1 nitrogen and oxygen atoms in total. The van der Waals surface area contributed by atoms with Crippen LogP contribution in [-0.2, 0) is 12.8 Å². The largest absolute Gasteiger partial charge is 0.314 e. The van der Waals surface area contributed by atoms with Crippen molar-refractivity contribution in [3.63, 3.8) is 0 Å². The number of allylic oxidation sites excluding steroid dienone is 2. The van der Waals surface area contributed by atoms with E-state index in [9.17, 15) is 0 Å². The van der Waals surface area contributed by atoms with E-state index in [2.05, 4.69) is 109 Å². The van der Waals surface area contributed by atoms with Crippen LogP contribution < -0.4 is 4.90 Å². The molecule has 0 heterocycles. The molecule has 0 spiro atoms. The van der Waals surface area contributed by atoms with E-state index in [0.29, 0.717) is 0 Å². The quantitative estimate of drug-likeness (QED) is 0.311. The Hall–Kier alpha value is -4.10. The summed E-state index contributed by atoms with van der Waals surface area (Å²) in [5, 5.41) is 2.85. The maximum atomic E-state index is 3.91. The van der Waals surface area contributed by atoms with Gasteiger partial charge in [0.1, 0.15) is 0 Å². The molecular weight excluding hydrogens is 398 g/mol. The second-order valence-electron chi connectivity index (χ2n) is 8.72. The van der Waals surface area contributed by atoms with Crippen LogP contribution in [0.5, 0.6) is 0 Å². The molecule has 0 saturated heterocycles. The minimum atomic E-state index is 0.892. The molecule has 0 N–H and O–H groups in total. The summed E-state index contributed by atoms with van der Waals surface area (Å²) in [6.07, 6.45) is 12.6. The molecule has 0 atom stereocenters. The van der Waals surface area contributed by atoms with Crippen molar-refractivity contribution in [3.05, 3.63) is 131 Å². The highest BCUT2D eigenvalue weighted by Gasteiger charge is 2.23. The lowest BCUT2D eigenvalue weighted by atomic mass is 9.84. The van der Waals surface area contributed by atoms with E-state index >= 15 is 0 Å². The molecular formula is C32H25N. The summed E-state index contributed by atoms with van der Waals surface area (Å²) in [5.74, 6) is 0. The molecule has 0 fully saturated rings. The molecule has 4 aromatic carbocycles. The Morgan fingerprint density at radius 1 is 0.636 bits per heavy atom. The van der Waals surface area contributed by atoms with Crippen molar-refractivity contribution in [2.45, 2.75) is 12.8 Å². The number of benzene rings is 4. The minimum Gasteiger partial charge on any atom is -0.314 e. The van der Waals surface area contributed by atoms with Gasteiger partial charge in [-0.1, -0.05) is 86.0 Å². The molecule has 4 aromatic rings. The van der Waals surface area contributed by atoms with Crippen LogP contribution in [0, 0.1) is 0 Å². The molecule has 33 heavy (non-hydrogen) atoms. The van der Waals surface area contributed by atoms with Crippen molar-refractivity contribution in [1.29, 1.82) is 0 Å². The van der Waals surface area contributed by atoms with Gasteiger partial charge in [0.15, 0.2) is 0 Å². The molecule has 0 amide bonds. The summed E-state index contributed by atoms with van der Waals surface area (Å²) in [6, 6.07) is 26.4.